The van der Waals surface area contributed by atoms with Crippen molar-refractivity contribution in [3.05, 3.63) is 68.2 Å². The van der Waals surface area contributed by atoms with Crippen molar-refractivity contribution in [2.24, 2.45) is 7.05 Å². The second-order valence-corrected chi connectivity index (χ2v) is 7.35. The van der Waals surface area contributed by atoms with Crippen LogP contribution >= 0.6 is 0 Å². The van der Waals surface area contributed by atoms with E-state index in [2.05, 4.69) is 10.3 Å². The van der Waals surface area contributed by atoms with E-state index in [1.807, 2.05) is 0 Å². The number of benzene rings is 1. The van der Waals surface area contributed by atoms with Gasteiger partial charge in [-0.1, -0.05) is 6.07 Å². The van der Waals surface area contributed by atoms with E-state index in [9.17, 15) is 23.6 Å². The van der Waals surface area contributed by atoms with Gasteiger partial charge < -0.3 is 10.1 Å². The molecule has 1 N–H and O–H groups in total. The molecule has 0 atom stereocenters. The Balaban J connectivity index is 1.82. The summed E-state index contributed by atoms with van der Waals surface area (Å²) >= 11 is 0. The van der Waals surface area contributed by atoms with Crippen LogP contribution in [0.25, 0.3) is 11.0 Å². The van der Waals surface area contributed by atoms with E-state index < -0.39 is 35.5 Å². The molecule has 1 aliphatic carbocycles. The van der Waals surface area contributed by atoms with E-state index in [0.717, 1.165) is 23.5 Å². The van der Waals surface area contributed by atoms with Crippen molar-refractivity contribution >= 4 is 28.6 Å². The Morgan fingerprint density at radius 1 is 1.26 bits per heavy atom. The lowest BCUT2D eigenvalue weighted by Crippen LogP contribution is -2.42. The molecule has 1 amide bonds. The van der Waals surface area contributed by atoms with Crippen LogP contribution in [0.15, 0.2) is 39.9 Å². The van der Waals surface area contributed by atoms with Gasteiger partial charge in [0.15, 0.2) is 0 Å². The molecule has 160 valence electrons. The van der Waals surface area contributed by atoms with Gasteiger partial charge in [0.05, 0.1) is 18.1 Å². The minimum Gasteiger partial charge on any atom is -0.465 e. The lowest BCUT2D eigenvalue weighted by atomic mass is 10.1. The number of ether oxygens (including phenoxy) is 1. The molecule has 1 aromatic carbocycles. The summed E-state index contributed by atoms with van der Waals surface area (Å²) < 4.78 is 20.0. The fraction of sp³-hybridized carbons (Fsp3) is 0.286. The number of nitrogens with one attached hydrogen (secondary N) is 1. The van der Waals surface area contributed by atoms with Crippen LogP contribution in [0.5, 0.6) is 0 Å². The number of pyridine rings is 1. The monoisotopic (exact) mass is 426 g/mol. The van der Waals surface area contributed by atoms with Crippen molar-refractivity contribution in [2.75, 3.05) is 12.4 Å². The van der Waals surface area contributed by atoms with Crippen molar-refractivity contribution < 1.29 is 18.7 Å². The zero-order chi connectivity index (χ0) is 22.3. The standard InChI is InChI=1S/C21H19FN4O5/c1-25-18-17(14(20(29)31-2)9-15(24-18)11-6-7-11)19(28)26(21(25)30)10-16(27)23-13-5-3-4-12(22)8-13/h3-5,8-9,11H,6-7,10H2,1-2H3,(H,23,27). The first-order valence-corrected chi connectivity index (χ1v) is 9.58. The summed E-state index contributed by atoms with van der Waals surface area (Å²) in [6.45, 7) is -0.622. The summed E-state index contributed by atoms with van der Waals surface area (Å²) in [5.41, 5.74) is -0.743. The molecule has 3 aromatic rings. The van der Waals surface area contributed by atoms with E-state index in [4.69, 9.17) is 4.74 Å². The van der Waals surface area contributed by atoms with E-state index in [-0.39, 0.29) is 28.2 Å². The Bertz CT molecular complexity index is 1340. The number of rotatable bonds is 5. The number of carbonyl (C=O) groups excluding carboxylic acids is 2. The summed E-state index contributed by atoms with van der Waals surface area (Å²) in [5.74, 6) is -1.81. The minimum atomic E-state index is -0.831. The molecule has 2 heterocycles. The first-order valence-electron chi connectivity index (χ1n) is 9.58. The number of esters is 1. The quantitative estimate of drug-likeness (QED) is 0.620. The zero-order valence-electron chi connectivity index (χ0n) is 16.8. The van der Waals surface area contributed by atoms with Crippen LogP contribution in [-0.4, -0.2) is 33.1 Å². The first-order chi connectivity index (χ1) is 14.8. The third-order valence-corrected chi connectivity index (χ3v) is 5.13. The van der Waals surface area contributed by atoms with Crippen molar-refractivity contribution in [1.82, 2.24) is 14.1 Å². The molecule has 1 aliphatic rings. The second kappa shape index (κ2) is 7.78. The number of methoxy groups -OCH3 is 1. The number of fused-ring (bicyclic) bond motifs is 1. The van der Waals surface area contributed by atoms with E-state index in [1.54, 1.807) is 0 Å². The van der Waals surface area contributed by atoms with E-state index in [1.165, 1.54) is 38.4 Å². The van der Waals surface area contributed by atoms with Gasteiger partial charge in [-0.3, -0.25) is 18.7 Å². The van der Waals surface area contributed by atoms with Gasteiger partial charge in [-0.15, -0.1) is 0 Å². The Labute approximate surface area is 175 Å². The molecule has 1 fully saturated rings. The molecule has 9 nitrogen and oxygen atoms in total. The predicted molar refractivity (Wildman–Crippen MR) is 110 cm³/mol. The highest BCUT2D eigenvalue weighted by Gasteiger charge is 2.29. The number of hydrogen-bond donors (Lipinski definition) is 1. The molecule has 0 unspecified atom stereocenters. The highest BCUT2D eigenvalue weighted by atomic mass is 19.1. The van der Waals surface area contributed by atoms with Gasteiger partial charge in [0.1, 0.15) is 18.0 Å². The van der Waals surface area contributed by atoms with Crippen molar-refractivity contribution in [2.45, 2.75) is 25.3 Å². The number of hydrogen-bond acceptors (Lipinski definition) is 6. The van der Waals surface area contributed by atoms with Crippen LogP contribution in [0.2, 0.25) is 0 Å². The fourth-order valence-electron chi connectivity index (χ4n) is 3.41. The van der Waals surface area contributed by atoms with Gasteiger partial charge in [0.25, 0.3) is 5.56 Å². The molecular weight excluding hydrogens is 407 g/mol. The van der Waals surface area contributed by atoms with Gasteiger partial charge in [-0.25, -0.2) is 19.0 Å². The SMILES string of the molecule is COC(=O)c1cc(C2CC2)nc2c1c(=O)n(CC(=O)Nc1cccc(F)c1)c(=O)n2C. The smallest absolute Gasteiger partial charge is 0.338 e. The Morgan fingerprint density at radius 2 is 2.00 bits per heavy atom. The Kier molecular flexibility index (Phi) is 5.14. The van der Waals surface area contributed by atoms with Crippen LogP contribution < -0.4 is 16.6 Å². The molecule has 0 bridgehead atoms. The second-order valence-electron chi connectivity index (χ2n) is 7.35. The van der Waals surface area contributed by atoms with Gasteiger partial charge >= 0.3 is 11.7 Å². The lowest BCUT2D eigenvalue weighted by molar-refractivity contribution is -0.116. The van der Waals surface area contributed by atoms with E-state index >= 15 is 0 Å². The summed E-state index contributed by atoms with van der Waals surface area (Å²) in [7, 11) is 2.61. The topological polar surface area (TPSA) is 112 Å². The van der Waals surface area contributed by atoms with Gasteiger partial charge in [-0.05, 0) is 37.1 Å². The van der Waals surface area contributed by atoms with E-state index in [0.29, 0.717) is 10.3 Å². The Hall–Kier alpha value is -3.82. The van der Waals surface area contributed by atoms with Crippen LogP contribution in [-0.2, 0) is 23.1 Å². The maximum absolute atomic E-state index is 13.3. The average molecular weight is 426 g/mol. The molecule has 1 saturated carbocycles. The molecule has 0 spiro atoms. The Morgan fingerprint density at radius 3 is 2.65 bits per heavy atom. The predicted octanol–water partition coefficient (Wildman–Crippen LogP) is 1.54. The van der Waals surface area contributed by atoms with Crippen LogP contribution in [0, 0.1) is 5.82 Å². The third kappa shape index (κ3) is 3.83. The number of aromatic nitrogens is 3. The maximum Gasteiger partial charge on any atom is 0.338 e. The van der Waals surface area contributed by atoms with Gasteiger partial charge in [-0.2, -0.15) is 0 Å². The number of anilines is 1. The number of nitrogens with zero attached hydrogens (tertiary/aromatic N) is 3. The number of amides is 1. The fourth-order valence-corrected chi connectivity index (χ4v) is 3.41. The van der Waals surface area contributed by atoms with Crippen molar-refractivity contribution in [3.8, 4) is 0 Å². The zero-order valence-corrected chi connectivity index (χ0v) is 16.8. The largest absolute Gasteiger partial charge is 0.465 e. The van der Waals surface area contributed by atoms with Crippen molar-refractivity contribution in [3.63, 3.8) is 0 Å². The highest BCUT2D eigenvalue weighted by Crippen LogP contribution is 2.39. The van der Waals surface area contributed by atoms with Crippen LogP contribution in [0.1, 0.15) is 34.8 Å². The lowest BCUT2D eigenvalue weighted by Gasteiger charge is -2.13. The number of halogens is 1. The normalized spacial score (nSPS) is 13.3. The summed E-state index contributed by atoms with van der Waals surface area (Å²) in [6, 6.07) is 6.72. The van der Waals surface area contributed by atoms with Crippen LogP contribution in [0.3, 0.4) is 0 Å². The summed E-state index contributed by atoms with van der Waals surface area (Å²) in [4.78, 5) is 55.2. The first kappa shape index (κ1) is 20.5. The minimum absolute atomic E-state index is 0.00529. The van der Waals surface area contributed by atoms with Gasteiger partial charge in [0, 0.05) is 24.3 Å². The molecule has 10 heteroatoms. The molecule has 0 saturated heterocycles. The molecule has 31 heavy (non-hydrogen) atoms. The van der Waals surface area contributed by atoms with Gasteiger partial charge in [0.2, 0.25) is 5.91 Å². The molecule has 4 rings (SSSR count). The molecular formula is C21H19FN4O5. The number of carbonyl (C=O) groups is 2. The summed E-state index contributed by atoms with van der Waals surface area (Å²) in [5, 5.41) is 2.34. The van der Waals surface area contributed by atoms with Crippen LogP contribution in [0.4, 0.5) is 10.1 Å². The molecule has 0 aliphatic heterocycles. The van der Waals surface area contributed by atoms with Crippen molar-refractivity contribution in [1.29, 1.82) is 0 Å². The molecule has 0 radical (unpaired) electrons. The third-order valence-electron chi connectivity index (χ3n) is 5.13. The summed E-state index contributed by atoms with van der Waals surface area (Å²) in [6.07, 6.45) is 1.81. The maximum atomic E-state index is 13.3. The number of aryl methyl sites for hydroxylation is 1. The molecule has 2 aromatic heterocycles. The average Bonchev–Trinajstić information content (AvgIpc) is 3.59. The highest BCUT2D eigenvalue weighted by molar-refractivity contribution is 6.02.